The van der Waals surface area contributed by atoms with Gasteiger partial charge in [0.05, 0.1) is 0 Å². The maximum atomic E-state index is 12.0. The normalized spacial score (nSPS) is 17.1. The minimum atomic E-state index is -0.415. The van der Waals surface area contributed by atoms with Crippen LogP contribution in [-0.4, -0.2) is 34.7 Å². The van der Waals surface area contributed by atoms with Gasteiger partial charge in [-0.2, -0.15) is 0 Å². The van der Waals surface area contributed by atoms with Crippen LogP contribution in [0.1, 0.15) is 39.3 Å². The predicted molar refractivity (Wildman–Crippen MR) is 78.5 cm³/mol. The Bertz CT molecular complexity index is 432. The first-order valence-corrected chi connectivity index (χ1v) is 7.32. The van der Waals surface area contributed by atoms with E-state index in [1.165, 1.54) is 0 Å². The molecule has 0 unspecified atom stereocenters. The van der Waals surface area contributed by atoms with Gasteiger partial charge in [-0.15, -0.1) is 0 Å². The van der Waals surface area contributed by atoms with E-state index in [1.54, 1.807) is 0 Å². The molecule has 1 saturated heterocycles. The van der Waals surface area contributed by atoms with Crippen molar-refractivity contribution in [3.8, 4) is 0 Å². The molecular weight excluding hydrogens is 252 g/mol. The van der Waals surface area contributed by atoms with Crippen LogP contribution in [0.5, 0.6) is 0 Å². The zero-order valence-corrected chi connectivity index (χ0v) is 12.6. The largest absolute Gasteiger partial charge is 0.444 e. The Morgan fingerprint density at radius 2 is 2.05 bits per heavy atom. The van der Waals surface area contributed by atoms with Crippen LogP contribution in [0.15, 0.2) is 24.4 Å². The summed E-state index contributed by atoms with van der Waals surface area (Å²) in [6.45, 7) is 7.27. The molecule has 1 aromatic rings. The van der Waals surface area contributed by atoms with E-state index in [-0.39, 0.29) is 6.09 Å². The molecule has 1 amide bonds. The lowest BCUT2D eigenvalue weighted by atomic mass is 9.92. The quantitative estimate of drug-likeness (QED) is 0.832. The highest BCUT2D eigenvalue weighted by atomic mass is 16.6. The highest BCUT2D eigenvalue weighted by Gasteiger charge is 2.26. The number of ether oxygens (including phenoxy) is 1. The Balaban J connectivity index is 1.79. The van der Waals surface area contributed by atoms with E-state index < -0.39 is 5.60 Å². The molecule has 2 rings (SSSR count). The van der Waals surface area contributed by atoms with E-state index >= 15 is 0 Å². The van der Waals surface area contributed by atoms with Crippen molar-refractivity contribution in [2.24, 2.45) is 5.92 Å². The van der Waals surface area contributed by atoms with Gasteiger partial charge in [0.2, 0.25) is 0 Å². The van der Waals surface area contributed by atoms with Gasteiger partial charge in [0.15, 0.2) is 0 Å². The van der Waals surface area contributed by atoms with Gasteiger partial charge in [0.1, 0.15) is 5.60 Å². The first kappa shape index (κ1) is 14.8. The minimum Gasteiger partial charge on any atom is -0.444 e. The number of likely N-dealkylation sites (tertiary alicyclic amines) is 1. The number of hydrogen-bond acceptors (Lipinski definition) is 3. The summed E-state index contributed by atoms with van der Waals surface area (Å²) in [4.78, 5) is 18.2. The summed E-state index contributed by atoms with van der Waals surface area (Å²) in [7, 11) is 0. The fourth-order valence-electron chi connectivity index (χ4n) is 2.46. The van der Waals surface area contributed by atoms with Crippen molar-refractivity contribution in [3.05, 3.63) is 30.1 Å². The lowest BCUT2D eigenvalue weighted by molar-refractivity contribution is 0.0184. The molecule has 1 aromatic heterocycles. The summed E-state index contributed by atoms with van der Waals surface area (Å²) in [6, 6.07) is 6.03. The number of nitrogens with zero attached hydrogens (tertiary/aromatic N) is 2. The SMILES string of the molecule is CC(C)(C)OC(=O)N1CCC(Cc2ccccn2)CC1. The minimum absolute atomic E-state index is 0.186. The number of hydrogen-bond donors (Lipinski definition) is 0. The van der Waals surface area contributed by atoms with Gasteiger partial charge in [0.25, 0.3) is 0 Å². The third-order valence-corrected chi connectivity index (χ3v) is 3.49. The van der Waals surface area contributed by atoms with Gasteiger partial charge in [0, 0.05) is 25.0 Å². The molecule has 110 valence electrons. The van der Waals surface area contributed by atoms with E-state index in [1.807, 2.05) is 44.0 Å². The van der Waals surface area contributed by atoms with Crippen LogP contribution >= 0.6 is 0 Å². The summed E-state index contributed by atoms with van der Waals surface area (Å²) in [6.07, 6.45) is 4.70. The van der Waals surface area contributed by atoms with E-state index in [0.29, 0.717) is 5.92 Å². The molecule has 0 aliphatic carbocycles. The molecule has 1 aliphatic heterocycles. The first-order chi connectivity index (χ1) is 9.44. The second-order valence-corrected chi connectivity index (χ2v) is 6.44. The van der Waals surface area contributed by atoms with Crippen molar-refractivity contribution in [3.63, 3.8) is 0 Å². The van der Waals surface area contributed by atoms with Crippen LogP contribution in [-0.2, 0) is 11.2 Å². The number of carbonyl (C=O) groups is 1. The second-order valence-electron chi connectivity index (χ2n) is 6.44. The number of amides is 1. The average molecular weight is 276 g/mol. The van der Waals surface area contributed by atoms with E-state index in [0.717, 1.165) is 38.0 Å². The Kier molecular flexibility index (Phi) is 4.63. The standard InChI is InChI=1S/C16H24N2O2/c1-16(2,3)20-15(19)18-10-7-13(8-11-18)12-14-6-4-5-9-17-14/h4-6,9,13H,7-8,10-12H2,1-3H3. The molecule has 0 bridgehead atoms. The summed E-state index contributed by atoms with van der Waals surface area (Å²) in [5.74, 6) is 0.614. The zero-order chi connectivity index (χ0) is 14.6. The van der Waals surface area contributed by atoms with Gasteiger partial charge < -0.3 is 9.64 Å². The summed E-state index contributed by atoms with van der Waals surface area (Å²) in [5, 5.41) is 0. The number of aromatic nitrogens is 1. The predicted octanol–water partition coefficient (Wildman–Crippen LogP) is 3.27. The third-order valence-electron chi connectivity index (χ3n) is 3.49. The zero-order valence-electron chi connectivity index (χ0n) is 12.6. The van der Waals surface area contributed by atoms with Crippen molar-refractivity contribution in [2.75, 3.05) is 13.1 Å². The molecule has 1 aliphatic rings. The lowest BCUT2D eigenvalue weighted by Gasteiger charge is -2.33. The molecule has 20 heavy (non-hydrogen) atoms. The highest BCUT2D eigenvalue weighted by molar-refractivity contribution is 5.68. The molecule has 4 nitrogen and oxygen atoms in total. The van der Waals surface area contributed by atoms with Gasteiger partial charge >= 0.3 is 6.09 Å². The molecule has 2 heterocycles. The van der Waals surface area contributed by atoms with E-state index in [2.05, 4.69) is 11.1 Å². The van der Waals surface area contributed by atoms with Crippen molar-refractivity contribution in [1.29, 1.82) is 0 Å². The maximum absolute atomic E-state index is 12.0. The van der Waals surface area contributed by atoms with Crippen LogP contribution in [0.2, 0.25) is 0 Å². The van der Waals surface area contributed by atoms with Crippen LogP contribution < -0.4 is 0 Å². The average Bonchev–Trinajstić information content (AvgIpc) is 2.39. The number of piperidine rings is 1. The molecule has 0 aromatic carbocycles. The summed E-state index contributed by atoms with van der Waals surface area (Å²) < 4.78 is 5.41. The summed E-state index contributed by atoms with van der Waals surface area (Å²) in [5.41, 5.74) is 0.727. The smallest absolute Gasteiger partial charge is 0.410 e. The lowest BCUT2D eigenvalue weighted by Crippen LogP contribution is -2.42. The molecule has 0 radical (unpaired) electrons. The van der Waals surface area contributed by atoms with E-state index in [9.17, 15) is 4.79 Å². The van der Waals surface area contributed by atoms with Crippen LogP contribution in [0.25, 0.3) is 0 Å². The van der Waals surface area contributed by atoms with Crippen LogP contribution in [0, 0.1) is 5.92 Å². The van der Waals surface area contributed by atoms with Crippen molar-refractivity contribution in [1.82, 2.24) is 9.88 Å². The third kappa shape index (κ3) is 4.51. The second kappa shape index (κ2) is 6.25. The maximum Gasteiger partial charge on any atom is 0.410 e. The number of rotatable bonds is 2. The van der Waals surface area contributed by atoms with Crippen molar-refractivity contribution in [2.45, 2.75) is 45.6 Å². The molecule has 0 spiro atoms. The molecule has 0 atom stereocenters. The first-order valence-electron chi connectivity index (χ1n) is 7.32. The highest BCUT2D eigenvalue weighted by Crippen LogP contribution is 2.22. The van der Waals surface area contributed by atoms with E-state index in [4.69, 9.17) is 4.74 Å². The fraction of sp³-hybridized carbons (Fsp3) is 0.625. The molecular formula is C16H24N2O2. The molecule has 1 fully saturated rings. The topological polar surface area (TPSA) is 42.4 Å². The van der Waals surface area contributed by atoms with Crippen molar-refractivity contribution >= 4 is 6.09 Å². The van der Waals surface area contributed by atoms with Gasteiger partial charge in [-0.3, -0.25) is 4.98 Å². The van der Waals surface area contributed by atoms with Crippen molar-refractivity contribution < 1.29 is 9.53 Å². The van der Waals surface area contributed by atoms with Crippen LogP contribution in [0.3, 0.4) is 0 Å². The Morgan fingerprint density at radius 3 is 2.60 bits per heavy atom. The van der Waals surface area contributed by atoms with Gasteiger partial charge in [-0.05, 0) is 58.1 Å². The summed E-state index contributed by atoms with van der Waals surface area (Å²) >= 11 is 0. The fourth-order valence-corrected chi connectivity index (χ4v) is 2.46. The number of pyridine rings is 1. The number of carbonyl (C=O) groups excluding carboxylic acids is 1. The molecule has 0 N–H and O–H groups in total. The van der Waals surface area contributed by atoms with Gasteiger partial charge in [-0.1, -0.05) is 6.07 Å². The Morgan fingerprint density at radius 1 is 1.35 bits per heavy atom. The van der Waals surface area contributed by atoms with Crippen LogP contribution in [0.4, 0.5) is 4.79 Å². The van der Waals surface area contributed by atoms with Gasteiger partial charge in [-0.25, -0.2) is 4.79 Å². The molecule has 4 heteroatoms. The Hall–Kier alpha value is -1.58. The Labute approximate surface area is 121 Å². The monoisotopic (exact) mass is 276 g/mol. The molecule has 0 saturated carbocycles.